The number of urea groups is 1. The summed E-state index contributed by atoms with van der Waals surface area (Å²) in [6.07, 6.45) is 7.37. The van der Waals surface area contributed by atoms with Crippen LogP contribution in [0.3, 0.4) is 0 Å². The monoisotopic (exact) mass is 412 g/mol. The molecule has 2 aliphatic heterocycles. The maximum Gasteiger partial charge on any atom is 0.325 e. The van der Waals surface area contributed by atoms with Crippen LogP contribution >= 0.6 is 0 Å². The van der Waals surface area contributed by atoms with Crippen molar-refractivity contribution >= 4 is 17.8 Å². The smallest absolute Gasteiger partial charge is 0.325 e. The summed E-state index contributed by atoms with van der Waals surface area (Å²) in [5.74, 6) is 0.0369. The Morgan fingerprint density at radius 3 is 2.43 bits per heavy atom. The largest absolute Gasteiger partial charge is 0.341 e. The minimum Gasteiger partial charge on any atom is -0.341 e. The highest BCUT2D eigenvalue weighted by molar-refractivity contribution is 6.07. The molecule has 1 saturated carbocycles. The van der Waals surface area contributed by atoms with Gasteiger partial charge in [-0.05, 0) is 50.6 Å². The molecule has 4 amide bonds. The van der Waals surface area contributed by atoms with Crippen molar-refractivity contribution in [3.8, 4) is 0 Å². The zero-order valence-electron chi connectivity index (χ0n) is 17.6. The molecule has 2 saturated heterocycles. The summed E-state index contributed by atoms with van der Waals surface area (Å²) in [5.41, 5.74) is 0.300. The number of piperidine rings is 1. The topological polar surface area (TPSA) is 81.8 Å². The SMILES string of the molecule is O=C([C@@H](NCCCN1C(=O)NC2(CCCC2)C1=O)c1ccccc1)N1CCCCC1. The second kappa shape index (κ2) is 9.16. The molecule has 3 fully saturated rings. The average Bonchev–Trinajstić information content (AvgIpc) is 3.34. The number of hydrogen-bond acceptors (Lipinski definition) is 4. The van der Waals surface area contributed by atoms with Crippen LogP contribution < -0.4 is 10.6 Å². The van der Waals surface area contributed by atoms with Gasteiger partial charge in [0.15, 0.2) is 0 Å². The molecule has 0 bridgehead atoms. The van der Waals surface area contributed by atoms with E-state index in [9.17, 15) is 14.4 Å². The van der Waals surface area contributed by atoms with Crippen LogP contribution in [0.4, 0.5) is 4.79 Å². The number of nitrogens with one attached hydrogen (secondary N) is 2. The molecule has 162 valence electrons. The maximum atomic E-state index is 13.2. The molecular formula is C23H32N4O3. The molecule has 1 spiro atoms. The number of amides is 4. The van der Waals surface area contributed by atoms with Gasteiger partial charge in [0.05, 0.1) is 0 Å². The lowest BCUT2D eigenvalue weighted by Gasteiger charge is -2.31. The molecule has 3 aliphatic rings. The summed E-state index contributed by atoms with van der Waals surface area (Å²) >= 11 is 0. The molecule has 7 heteroatoms. The normalized spacial score (nSPS) is 21.9. The first-order valence-corrected chi connectivity index (χ1v) is 11.3. The molecule has 4 rings (SSSR count). The van der Waals surface area contributed by atoms with Crippen LogP contribution in [-0.4, -0.2) is 59.4 Å². The van der Waals surface area contributed by atoms with Gasteiger partial charge in [-0.2, -0.15) is 0 Å². The lowest BCUT2D eigenvalue weighted by atomic mass is 9.98. The first-order chi connectivity index (χ1) is 14.6. The van der Waals surface area contributed by atoms with Gasteiger partial charge in [-0.15, -0.1) is 0 Å². The number of hydrogen-bond donors (Lipinski definition) is 2. The molecule has 1 aromatic rings. The summed E-state index contributed by atoms with van der Waals surface area (Å²) in [4.78, 5) is 41.6. The van der Waals surface area contributed by atoms with Gasteiger partial charge in [-0.3, -0.25) is 14.5 Å². The minimum absolute atomic E-state index is 0.0750. The highest BCUT2D eigenvalue weighted by Crippen LogP contribution is 2.35. The van der Waals surface area contributed by atoms with Crippen molar-refractivity contribution in [2.75, 3.05) is 26.2 Å². The molecule has 1 aliphatic carbocycles. The van der Waals surface area contributed by atoms with Crippen molar-refractivity contribution in [1.29, 1.82) is 0 Å². The van der Waals surface area contributed by atoms with Crippen LogP contribution in [0.25, 0.3) is 0 Å². The second-order valence-electron chi connectivity index (χ2n) is 8.71. The highest BCUT2D eigenvalue weighted by atomic mass is 16.2. The van der Waals surface area contributed by atoms with E-state index in [1.807, 2.05) is 35.2 Å². The van der Waals surface area contributed by atoms with Crippen molar-refractivity contribution in [2.45, 2.75) is 62.9 Å². The third kappa shape index (κ3) is 4.21. The standard InChI is InChI=1S/C23H32N4O3/c28-20(26-15-7-2-8-16-26)19(18-10-3-1-4-11-18)24-14-9-17-27-21(29)23(25-22(27)30)12-5-6-13-23/h1,3-4,10-11,19,24H,2,5-9,12-17H2,(H,25,30)/t19-/m0/s1. The van der Waals surface area contributed by atoms with E-state index in [2.05, 4.69) is 10.6 Å². The molecular weight excluding hydrogens is 380 g/mol. The number of rotatable bonds is 7. The third-order valence-corrected chi connectivity index (χ3v) is 6.66. The molecule has 0 aromatic heterocycles. The van der Waals surface area contributed by atoms with Crippen LogP contribution in [0.5, 0.6) is 0 Å². The molecule has 0 unspecified atom stereocenters. The van der Waals surface area contributed by atoms with Gasteiger partial charge >= 0.3 is 6.03 Å². The number of imide groups is 1. The minimum atomic E-state index is -0.651. The zero-order valence-corrected chi connectivity index (χ0v) is 17.6. The van der Waals surface area contributed by atoms with Crippen LogP contribution in [0.1, 0.15) is 63.0 Å². The molecule has 1 atom stereocenters. The van der Waals surface area contributed by atoms with Crippen molar-refractivity contribution < 1.29 is 14.4 Å². The van der Waals surface area contributed by atoms with E-state index in [0.29, 0.717) is 19.5 Å². The van der Waals surface area contributed by atoms with Crippen molar-refractivity contribution in [3.05, 3.63) is 35.9 Å². The Kier molecular flexibility index (Phi) is 6.37. The molecule has 30 heavy (non-hydrogen) atoms. The first kappa shape index (κ1) is 20.8. The average molecular weight is 413 g/mol. The van der Waals surface area contributed by atoms with E-state index in [1.165, 1.54) is 11.3 Å². The molecule has 7 nitrogen and oxygen atoms in total. The lowest BCUT2D eigenvalue weighted by Crippen LogP contribution is -2.44. The van der Waals surface area contributed by atoms with E-state index in [0.717, 1.165) is 57.2 Å². The summed E-state index contributed by atoms with van der Waals surface area (Å²) < 4.78 is 0. The fourth-order valence-corrected chi connectivity index (χ4v) is 4.97. The summed E-state index contributed by atoms with van der Waals surface area (Å²) in [6.45, 7) is 2.56. The predicted molar refractivity (Wildman–Crippen MR) is 114 cm³/mol. The van der Waals surface area contributed by atoms with Gasteiger partial charge in [0.2, 0.25) is 5.91 Å². The van der Waals surface area contributed by atoms with E-state index < -0.39 is 11.6 Å². The van der Waals surface area contributed by atoms with E-state index in [-0.39, 0.29) is 17.8 Å². The van der Waals surface area contributed by atoms with Crippen LogP contribution in [0.2, 0.25) is 0 Å². The fourth-order valence-electron chi connectivity index (χ4n) is 4.97. The predicted octanol–water partition coefficient (Wildman–Crippen LogP) is 2.58. The molecule has 0 radical (unpaired) electrons. The van der Waals surface area contributed by atoms with E-state index in [4.69, 9.17) is 0 Å². The number of nitrogens with zero attached hydrogens (tertiary/aromatic N) is 2. The van der Waals surface area contributed by atoms with Crippen LogP contribution in [0, 0.1) is 0 Å². The number of likely N-dealkylation sites (tertiary alicyclic amines) is 1. The van der Waals surface area contributed by atoms with Crippen molar-refractivity contribution in [2.24, 2.45) is 0 Å². The van der Waals surface area contributed by atoms with Gasteiger partial charge < -0.3 is 15.5 Å². The third-order valence-electron chi connectivity index (χ3n) is 6.66. The summed E-state index contributed by atoms with van der Waals surface area (Å²) in [5, 5.41) is 6.31. The Labute approximate surface area is 178 Å². The molecule has 2 N–H and O–H groups in total. The lowest BCUT2D eigenvalue weighted by molar-refractivity contribution is -0.134. The van der Waals surface area contributed by atoms with E-state index >= 15 is 0 Å². The highest BCUT2D eigenvalue weighted by Gasteiger charge is 2.52. The summed E-state index contributed by atoms with van der Waals surface area (Å²) in [7, 11) is 0. The van der Waals surface area contributed by atoms with Gasteiger partial charge in [0.25, 0.3) is 5.91 Å². The van der Waals surface area contributed by atoms with Gasteiger partial charge in [-0.25, -0.2) is 4.79 Å². The van der Waals surface area contributed by atoms with Crippen LogP contribution in [0.15, 0.2) is 30.3 Å². The van der Waals surface area contributed by atoms with Crippen molar-refractivity contribution in [3.63, 3.8) is 0 Å². The maximum absolute atomic E-state index is 13.2. The Morgan fingerprint density at radius 1 is 1.03 bits per heavy atom. The molecule has 1 aromatic carbocycles. The number of carbonyl (C=O) groups excluding carboxylic acids is 3. The Balaban J connectivity index is 1.34. The van der Waals surface area contributed by atoms with Crippen molar-refractivity contribution in [1.82, 2.24) is 20.4 Å². The second-order valence-corrected chi connectivity index (χ2v) is 8.71. The van der Waals surface area contributed by atoms with Gasteiger partial charge in [0.1, 0.15) is 11.6 Å². The molecule has 2 heterocycles. The fraction of sp³-hybridized carbons (Fsp3) is 0.609. The number of benzene rings is 1. The van der Waals surface area contributed by atoms with E-state index in [1.54, 1.807) is 0 Å². The first-order valence-electron chi connectivity index (χ1n) is 11.3. The Hall–Kier alpha value is -2.41. The Bertz CT molecular complexity index is 770. The number of carbonyl (C=O) groups is 3. The van der Waals surface area contributed by atoms with Gasteiger partial charge in [-0.1, -0.05) is 43.2 Å². The Morgan fingerprint density at radius 2 is 1.73 bits per heavy atom. The van der Waals surface area contributed by atoms with Gasteiger partial charge in [0, 0.05) is 19.6 Å². The quantitative estimate of drug-likeness (QED) is 0.533. The summed E-state index contributed by atoms with van der Waals surface area (Å²) in [6, 6.07) is 9.12. The zero-order chi connectivity index (χ0) is 21.0. The van der Waals surface area contributed by atoms with Crippen LogP contribution in [-0.2, 0) is 9.59 Å².